The molecule has 0 heterocycles. The average Bonchev–Trinajstić information content (AvgIpc) is 2.00. The SMILES string of the molecule is NC(=O)[C@@H](O)[C@H](O)[C@@H](O)CO. The fourth-order valence-corrected chi connectivity index (χ4v) is 0.487. The third-order valence-electron chi connectivity index (χ3n) is 1.20. The number of aliphatic hydroxyl groups excluding tert-OH is 4. The van der Waals surface area contributed by atoms with Crippen molar-refractivity contribution in [2.45, 2.75) is 18.3 Å². The van der Waals surface area contributed by atoms with E-state index >= 15 is 0 Å². The zero-order chi connectivity index (χ0) is 9.02. The van der Waals surface area contributed by atoms with E-state index in [0.717, 1.165) is 0 Å². The number of nitrogens with two attached hydrogens (primary N) is 1. The van der Waals surface area contributed by atoms with Crippen LogP contribution in [0.5, 0.6) is 0 Å². The minimum atomic E-state index is -1.85. The highest BCUT2D eigenvalue weighted by atomic mass is 16.4. The normalized spacial score (nSPS) is 18.9. The highest BCUT2D eigenvalue weighted by Crippen LogP contribution is 1.98. The van der Waals surface area contributed by atoms with Crippen molar-refractivity contribution in [2.75, 3.05) is 6.61 Å². The molecule has 0 radical (unpaired) electrons. The first-order valence-electron chi connectivity index (χ1n) is 2.95. The molecule has 0 aliphatic rings. The van der Waals surface area contributed by atoms with E-state index in [1.807, 2.05) is 0 Å². The maximum atomic E-state index is 10.2. The van der Waals surface area contributed by atoms with Crippen LogP contribution in [-0.4, -0.2) is 51.3 Å². The zero-order valence-electron chi connectivity index (χ0n) is 5.71. The Morgan fingerprint density at radius 3 is 2.09 bits per heavy atom. The number of carbonyl (C=O) groups excluding carboxylic acids is 1. The summed E-state index contributed by atoms with van der Waals surface area (Å²) in [5, 5.41) is 34.4. The van der Waals surface area contributed by atoms with Gasteiger partial charge in [-0.2, -0.15) is 0 Å². The maximum Gasteiger partial charge on any atom is 0.249 e. The highest BCUT2D eigenvalue weighted by Gasteiger charge is 2.27. The van der Waals surface area contributed by atoms with Gasteiger partial charge in [0.05, 0.1) is 6.61 Å². The van der Waals surface area contributed by atoms with E-state index in [1.54, 1.807) is 0 Å². The molecule has 0 aliphatic carbocycles. The van der Waals surface area contributed by atoms with Crippen molar-refractivity contribution in [3.8, 4) is 0 Å². The van der Waals surface area contributed by atoms with Gasteiger partial charge < -0.3 is 26.2 Å². The molecule has 6 nitrogen and oxygen atoms in total. The molecule has 0 saturated heterocycles. The van der Waals surface area contributed by atoms with E-state index in [-0.39, 0.29) is 0 Å². The van der Waals surface area contributed by atoms with Gasteiger partial charge in [-0.1, -0.05) is 0 Å². The first-order chi connectivity index (χ1) is 5.00. The molecule has 0 aliphatic heterocycles. The predicted octanol–water partition coefficient (Wildman–Crippen LogP) is -3.45. The fraction of sp³-hybridized carbons (Fsp3) is 0.800. The van der Waals surface area contributed by atoms with E-state index in [0.29, 0.717) is 0 Å². The van der Waals surface area contributed by atoms with Crippen LogP contribution < -0.4 is 5.73 Å². The summed E-state index contributed by atoms with van der Waals surface area (Å²) in [5.74, 6) is -1.15. The summed E-state index contributed by atoms with van der Waals surface area (Å²) in [6.45, 7) is -0.745. The summed E-state index contributed by atoms with van der Waals surface area (Å²) in [6, 6.07) is 0. The minimum Gasteiger partial charge on any atom is -0.394 e. The monoisotopic (exact) mass is 165 g/mol. The van der Waals surface area contributed by atoms with Gasteiger partial charge in [0.1, 0.15) is 12.2 Å². The van der Waals surface area contributed by atoms with Crippen LogP contribution in [0, 0.1) is 0 Å². The van der Waals surface area contributed by atoms with Crippen molar-refractivity contribution in [3.63, 3.8) is 0 Å². The number of aliphatic hydroxyl groups is 4. The minimum absolute atomic E-state index is 0.745. The molecule has 3 atom stereocenters. The van der Waals surface area contributed by atoms with Crippen LogP contribution >= 0.6 is 0 Å². The summed E-state index contributed by atoms with van der Waals surface area (Å²) in [4.78, 5) is 10.2. The van der Waals surface area contributed by atoms with Gasteiger partial charge in [-0.05, 0) is 0 Å². The first kappa shape index (κ1) is 10.3. The second kappa shape index (κ2) is 4.24. The molecular weight excluding hydrogens is 154 g/mol. The molecule has 0 bridgehead atoms. The van der Waals surface area contributed by atoms with Gasteiger partial charge in [0.25, 0.3) is 0 Å². The van der Waals surface area contributed by atoms with Gasteiger partial charge >= 0.3 is 0 Å². The van der Waals surface area contributed by atoms with Crippen LogP contribution in [0.3, 0.4) is 0 Å². The summed E-state index contributed by atoms with van der Waals surface area (Å²) in [7, 11) is 0. The molecule has 1 amide bonds. The smallest absolute Gasteiger partial charge is 0.249 e. The Morgan fingerprint density at radius 2 is 1.82 bits per heavy atom. The zero-order valence-corrected chi connectivity index (χ0v) is 5.71. The van der Waals surface area contributed by atoms with Crippen molar-refractivity contribution >= 4 is 5.91 Å². The number of hydrogen-bond donors (Lipinski definition) is 5. The first-order valence-corrected chi connectivity index (χ1v) is 2.95. The van der Waals surface area contributed by atoms with Crippen molar-refractivity contribution in [3.05, 3.63) is 0 Å². The lowest BCUT2D eigenvalue weighted by Crippen LogP contribution is -2.46. The number of rotatable bonds is 4. The summed E-state index contributed by atoms with van der Waals surface area (Å²) >= 11 is 0. The summed E-state index contributed by atoms with van der Waals surface area (Å²) < 4.78 is 0. The summed E-state index contributed by atoms with van der Waals surface area (Å²) in [6.07, 6.45) is -5.15. The van der Waals surface area contributed by atoms with Crippen molar-refractivity contribution < 1.29 is 25.2 Å². The third kappa shape index (κ3) is 2.81. The topological polar surface area (TPSA) is 124 Å². The van der Waals surface area contributed by atoms with Crippen LogP contribution in [0.4, 0.5) is 0 Å². The molecule has 0 unspecified atom stereocenters. The Labute approximate surface area is 62.9 Å². The van der Waals surface area contributed by atoms with E-state index in [1.165, 1.54) is 0 Å². The standard InChI is InChI=1S/C5H11NO5/c6-5(11)4(10)3(9)2(8)1-7/h2-4,7-10H,1H2,(H2,6,11)/t2-,3+,4-/m0/s1. The molecule has 0 fully saturated rings. The Kier molecular flexibility index (Phi) is 3.98. The predicted molar refractivity (Wildman–Crippen MR) is 34.3 cm³/mol. The van der Waals surface area contributed by atoms with E-state index in [4.69, 9.17) is 20.4 Å². The van der Waals surface area contributed by atoms with E-state index in [2.05, 4.69) is 5.73 Å². The Balaban J connectivity index is 4.00. The lowest BCUT2D eigenvalue weighted by atomic mass is 10.1. The van der Waals surface area contributed by atoms with Gasteiger partial charge in [-0.25, -0.2) is 0 Å². The highest BCUT2D eigenvalue weighted by molar-refractivity contribution is 5.79. The maximum absolute atomic E-state index is 10.2. The second-order valence-corrected chi connectivity index (χ2v) is 2.09. The van der Waals surface area contributed by atoms with Crippen molar-refractivity contribution in [1.82, 2.24) is 0 Å². The fourth-order valence-electron chi connectivity index (χ4n) is 0.487. The van der Waals surface area contributed by atoms with Gasteiger partial charge in [0.15, 0.2) is 6.10 Å². The quantitative estimate of drug-likeness (QED) is 0.296. The second-order valence-electron chi connectivity index (χ2n) is 2.09. The van der Waals surface area contributed by atoms with Crippen LogP contribution in [-0.2, 0) is 4.79 Å². The largest absolute Gasteiger partial charge is 0.394 e. The van der Waals surface area contributed by atoms with Crippen LogP contribution in [0.15, 0.2) is 0 Å². The molecule has 0 aromatic carbocycles. The molecule has 0 aromatic heterocycles. The summed E-state index contributed by atoms with van der Waals surface area (Å²) in [5.41, 5.74) is 4.59. The Bertz CT molecular complexity index is 139. The van der Waals surface area contributed by atoms with Crippen LogP contribution in [0.25, 0.3) is 0 Å². The third-order valence-corrected chi connectivity index (χ3v) is 1.20. The van der Waals surface area contributed by atoms with Crippen molar-refractivity contribution in [1.29, 1.82) is 0 Å². The van der Waals surface area contributed by atoms with Gasteiger partial charge in [-0.3, -0.25) is 4.79 Å². The number of primary amides is 1. The molecule has 6 N–H and O–H groups in total. The van der Waals surface area contributed by atoms with Crippen LogP contribution in [0.1, 0.15) is 0 Å². The Morgan fingerprint density at radius 1 is 1.36 bits per heavy atom. The van der Waals surface area contributed by atoms with E-state index in [9.17, 15) is 4.79 Å². The van der Waals surface area contributed by atoms with Crippen LogP contribution in [0.2, 0.25) is 0 Å². The number of amides is 1. The molecule has 0 spiro atoms. The van der Waals surface area contributed by atoms with Crippen molar-refractivity contribution in [2.24, 2.45) is 5.73 Å². The number of hydrogen-bond acceptors (Lipinski definition) is 5. The molecule has 11 heavy (non-hydrogen) atoms. The molecule has 0 saturated carbocycles. The van der Waals surface area contributed by atoms with Gasteiger partial charge in [-0.15, -0.1) is 0 Å². The van der Waals surface area contributed by atoms with E-state index < -0.39 is 30.8 Å². The average molecular weight is 165 g/mol. The van der Waals surface area contributed by atoms with Gasteiger partial charge in [0.2, 0.25) is 5.91 Å². The molecule has 0 rings (SSSR count). The molecule has 66 valence electrons. The Hall–Kier alpha value is -0.690. The lowest BCUT2D eigenvalue weighted by Gasteiger charge is -2.18. The molecular formula is C5H11NO5. The number of carbonyl (C=O) groups is 1. The molecule has 0 aromatic rings. The lowest BCUT2D eigenvalue weighted by molar-refractivity contribution is -0.139. The van der Waals surface area contributed by atoms with Gasteiger partial charge in [0, 0.05) is 0 Å². The molecule has 6 heteroatoms.